The van der Waals surface area contributed by atoms with Gasteiger partial charge in [-0.1, -0.05) is 92.7 Å². The molecule has 0 aliphatic carbocycles. The Morgan fingerprint density at radius 3 is 2.11 bits per heavy atom. The zero-order valence-electron chi connectivity index (χ0n) is 35.8. The van der Waals surface area contributed by atoms with E-state index in [9.17, 15) is 39.9 Å². The molecule has 11 heteroatoms. The first-order valence-electron chi connectivity index (χ1n) is 21.2. The summed E-state index contributed by atoms with van der Waals surface area (Å²) in [6, 6.07) is 0. The maximum Gasteiger partial charge on any atom is 0.330 e. The summed E-state index contributed by atoms with van der Waals surface area (Å²) in [7, 11) is 0. The van der Waals surface area contributed by atoms with Crippen LogP contribution >= 0.6 is 0 Å². The topological polar surface area (TPSA) is 180 Å². The minimum Gasteiger partial charge on any atom is -0.458 e. The summed E-state index contributed by atoms with van der Waals surface area (Å²) < 4.78 is 20.0. The maximum atomic E-state index is 13.5. The fourth-order valence-electron chi connectivity index (χ4n) is 9.01. The number of aliphatic hydroxyl groups is 5. The average molecular weight is 791 g/mol. The zero-order chi connectivity index (χ0) is 42.3. The standard InChI is InChI=1S/C45H74O11/c1-12-34-17-15-13-14-16-27(4)42(51)44(11,53)43(52)32(9)40(50)31(8)39(49)30(7)38(48)26(3)18-21-37(47)54-41-29(6)35(20-19-34)55-45(33(41)10)23-22-25(2)36(56-45)24-28(5)46/h13-15,17-18,21,25-36,38,40-42,46,48,50-51,53H,12,16,19-20,22-24H2,1-11H3/t25?,26?,27?,28?,29?,30?,31?,32?,33?,34?,35-,36?,38?,40?,41+,42?,44-,45+/m1/s1. The van der Waals surface area contributed by atoms with Gasteiger partial charge in [0.25, 0.3) is 0 Å². The molecule has 0 aromatic rings. The van der Waals surface area contributed by atoms with Crippen LogP contribution in [0.15, 0.2) is 36.5 Å². The molecule has 320 valence electrons. The second-order valence-electron chi connectivity index (χ2n) is 18.0. The van der Waals surface area contributed by atoms with Gasteiger partial charge in [0.2, 0.25) is 0 Å². The summed E-state index contributed by atoms with van der Waals surface area (Å²) in [5.41, 5.74) is -2.18. The molecule has 2 fully saturated rings. The smallest absolute Gasteiger partial charge is 0.330 e. The van der Waals surface area contributed by atoms with Crippen molar-refractivity contribution in [3.8, 4) is 0 Å². The lowest BCUT2D eigenvalue weighted by Gasteiger charge is -2.55. The number of esters is 1. The fraction of sp³-hybridized carbons (Fsp3) is 0.800. The molecule has 3 aliphatic rings. The van der Waals surface area contributed by atoms with E-state index in [1.54, 1.807) is 20.8 Å². The number of allylic oxidation sites excluding steroid dienone is 4. The lowest BCUT2D eigenvalue weighted by molar-refractivity contribution is -0.371. The molecule has 2 bridgehead atoms. The number of aliphatic hydroxyl groups excluding tert-OH is 4. The Hall–Kier alpha value is -2.25. The number of carbonyl (C=O) groups excluding carboxylic acids is 3. The molecule has 18 atom stereocenters. The van der Waals surface area contributed by atoms with E-state index in [-0.39, 0.29) is 35.9 Å². The van der Waals surface area contributed by atoms with Crippen molar-refractivity contribution in [3.63, 3.8) is 0 Å². The summed E-state index contributed by atoms with van der Waals surface area (Å²) in [5.74, 6) is -7.28. The number of Topliss-reactive ketones (excluding diaryl/α,β-unsaturated/α-hetero) is 2. The van der Waals surface area contributed by atoms with Crippen LogP contribution in [0.25, 0.3) is 0 Å². The maximum absolute atomic E-state index is 13.5. The Morgan fingerprint density at radius 1 is 0.839 bits per heavy atom. The summed E-state index contributed by atoms with van der Waals surface area (Å²) >= 11 is 0. The van der Waals surface area contributed by atoms with Crippen LogP contribution in [-0.4, -0.2) is 97.2 Å². The van der Waals surface area contributed by atoms with Crippen molar-refractivity contribution in [2.24, 2.45) is 53.3 Å². The summed E-state index contributed by atoms with van der Waals surface area (Å²) in [6.07, 6.45) is 9.62. The van der Waals surface area contributed by atoms with E-state index >= 15 is 0 Å². The summed E-state index contributed by atoms with van der Waals surface area (Å²) in [6.45, 7) is 19.1. The Kier molecular flexibility index (Phi) is 17.7. The first-order chi connectivity index (χ1) is 26.1. The second-order valence-corrected chi connectivity index (χ2v) is 18.0. The Bertz CT molecular complexity index is 1390. The number of rotatable bonds is 3. The van der Waals surface area contributed by atoms with E-state index < -0.39 is 89.0 Å². The highest BCUT2D eigenvalue weighted by molar-refractivity contribution is 5.91. The number of hydrogen-bond donors (Lipinski definition) is 5. The molecular formula is C45H74O11. The monoisotopic (exact) mass is 791 g/mol. The van der Waals surface area contributed by atoms with Gasteiger partial charge in [-0.3, -0.25) is 9.59 Å². The SMILES string of the molecule is CCC1C=CC=CCC(C)C(O)[C@@](C)(O)C(=O)C(C)C(O)C(C)C(=O)C(C)C(O)C(C)C=CC(=O)O[C@H]2C(C)[C@@H](CC1)O[C@]1(CCC(C)C(CC(C)O)O1)C2C. The Morgan fingerprint density at radius 2 is 1.48 bits per heavy atom. The fourth-order valence-corrected chi connectivity index (χ4v) is 9.01. The molecule has 3 rings (SSSR count). The van der Waals surface area contributed by atoms with Crippen molar-refractivity contribution < 1.29 is 54.1 Å². The van der Waals surface area contributed by atoms with Gasteiger partial charge in [-0.25, -0.2) is 4.79 Å². The third-order valence-corrected chi connectivity index (χ3v) is 13.4. The van der Waals surface area contributed by atoms with E-state index in [1.807, 2.05) is 32.1 Å². The van der Waals surface area contributed by atoms with Gasteiger partial charge in [0, 0.05) is 48.0 Å². The zero-order valence-corrected chi connectivity index (χ0v) is 35.8. The van der Waals surface area contributed by atoms with Gasteiger partial charge in [-0.2, -0.15) is 0 Å². The van der Waals surface area contributed by atoms with Crippen LogP contribution in [0.4, 0.5) is 0 Å². The van der Waals surface area contributed by atoms with Crippen LogP contribution in [0.2, 0.25) is 0 Å². The molecule has 2 saturated heterocycles. The van der Waals surface area contributed by atoms with E-state index in [1.165, 1.54) is 39.8 Å². The molecule has 11 nitrogen and oxygen atoms in total. The highest BCUT2D eigenvalue weighted by Gasteiger charge is 2.56. The minimum absolute atomic E-state index is 0.168. The van der Waals surface area contributed by atoms with Crippen molar-refractivity contribution in [1.82, 2.24) is 0 Å². The second kappa shape index (κ2) is 20.6. The van der Waals surface area contributed by atoms with Crippen LogP contribution in [-0.2, 0) is 28.6 Å². The lowest BCUT2D eigenvalue weighted by atomic mass is 9.74. The normalized spacial score (nSPS) is 45.1. The first kappa shape index (κ1) is 48.1. The van der Waals surface area contributed by atoms with E-state index in [0.29, 0.717) is 25.7 Å². The molecule has 56 heavy (non-hydrogen) atoms. The molecule has 3 heterocycles. The minimum atomic E-state index is -2.18. The lowest BCUT2D eigenvalue weighted by Crippen LogP contribution is -2.62. The molecule has 0 aromatic heterocycles. The van der Waals surface area contributed by atoms with Crippen LogP contribution in [0, 0.1) is 53.3 Å². The number of hydrogen-bond acceptors (Lipinski definition) is 11. The first-order valence-corrected chi connectivity index (χ1v) is 21.2. The predicted octanol–water partition coefficient (Wildman–Crippen LogP) is 5.88. The van der Waals surface area contributed by atoms with Crippen LogP contribution in [0.5, 0.6) is 0 Å². The van der Waals surface area contributed by atoms with Crippen molar-refractivity contribution in [1.29, 1.82) is 0 Å². The third kappa shape index (κ3) is 11.5. The van der Waals surface area contributed by atoms with Crippen LogP contribution < -0.4 is 0 Å². The number of ketones is 2. The summed E-state index contributed by atoms with van der Waals surface area (Å²) in [4.78, 5) is 40.5. The quantitative estimate of drug-likeness (QED) is 0.216. The van der Waals surface area contributed by atoms with Crippen molar-refractivity contribution in [2.75, 3.05) is 0 Å². The number of ether oxygens (including phenoxy) is 3. The third-order valence-electron chi connectivity index (χ3n) is 13.4. The van der Waals surface area contributed by atoms with E-state index in [4.69, 9.17) is 14.2 Å². The molecule has 1 spiro atoms. The molecule has 0 saturated carbocycles. The molecule has 0 aromatic carbocycles. The highest BCUT2D eigenvalue weighted by Crippen LogP contribution is 2.49. The molecule has 14 unspecified atom stereocenters. The van der Waals surface area contributed by atoms with E-state index in [0.717, 1.165) is 19.3 Å². The van der Waals surface area contributed by atoms with E-state index in [2.05, 4.69) is 19.9 Å². The Labute approximate surface area is 336 Å². The predicted molar refractivity (Wildman–Crippen MR) is 215 cm³/mol. The average Bonchev–Trinajstić information content (AvgIpc) is 3.16. The largest absolute Gasteiger partial charge is 0.458 e. The molecule has 3 aliphatic heterocycles. The van der Waals surface area contributed by atoms with Crippen molar-refractivity contribution in [3.05, 3.63) is 36.5 Å². The Balaban J connectivity index is 1.99. The van der Waals surface area contributed by atoms with Gasteiger partial charge >= 0.3 is 5.97 Å². The van der Waals surface area contributed by atoms with Gasteiger partial charge in [0.05, 0.1) is 36.6 Å². The van der Waals surface area contributed by atoms with Gasteiger partial charge in [0.1, 0.15) is 17.5 Å². The van der Waals surface area contributed by atoms with Crippen LogP contribution in [0.3, 0.4) is 0 Å². The van der Waals surface area contributed by atoms with Gasteiger partial charge in [0.15, 0.2) is 11.6 Å². The van der Waals surface area contributed by atoms with Crippen molar-refractivity contribution >= 4 is 17.5 Å². The summed E-state index contributed by atoms with van der Waals surface area (Å²) in [5, 5.41) is 55.0. The van der Waals surface area contributed by atoms with Crippen molar-refractivity contribution in [2.45, 2.75) is 175 Å². The molecular weight excluding hydrogens is 716 g/mol. The number of fused-ring (bicyclic) bond motifs is 2. The molecule has 5 N–H and O–H groups in total. The molecule has 0 amide bonds. The van der Waals surface area contributed by atoms with Gasteiger partial charge in [-0.05, 0) is 70.1 Å². The highest BCUT2D eigenvalue weighted by atomic mass is 16.7. The van der Waals surface area contributed by atoms with Crippen LogP contribution in [0.1, 0.15) is 121 Å². The van der Waals surface area contributed by atoms with Gasteiger partial charge in [-0.15, -0.1) is 0 Å². The number of carbonyl (C=O) groups is 3. The van der Waals surface area contributed by atoms with Gasteiger partial charge < -0.3 is 39.7 Å². The molecule has 0 radical (unpaired) electrons.